The van der Waals surface area contributed by atoms with Crippen molar-refractivity contribution in [2.45, 2.75) is 6.42 Å². The molecule has 1 aromatic carbocycles. The zero-order valence-electron chi connectivity index (χ0n) is 13.1. The molecular formula is C16H20N4O2S. The van der Waals surface area contributed by atoms with E-state index in [0.717, 1.165) is 23.1 Å². The lowest BCUT2D eigenvalue weighted by Crippen LogP contribution is -2.51. The van der Waals surface area contributed by atoms with Crippen molar-refractivity contribution in [1.29, 1.82) is 0 Å². The van der Waals surface area contributed by atoms with E-state index in [4.69, 9.17) is 4.74 Å². The van der Waals surface area contributed by atoms with E-state index in [1.165, 1.54) is 5.56 Å². The second-order valence-electron chi connectivity index (χ2n) is 5.44. The van der Waals surface area contributed by atoms with Gasteiger partial charge in [-0.3, -0.25) is 4.79 Å². The number of ether oxygens (including phenoxy) is 1. The second-order valence-corrected chi connectivity index (χ2v) is 6.48. The predicted molar refractivity (Wildman–Crippen MR) is 89.8 cm³/mol. The standard InChI is InChI=1S/C16H20N4O2S/c1-22-10-9-19-7-8-20(12-15(19)21)16-18-17-14(23-16)11-13-5-3-2-4-6-13/h2-6H,7-12H2,1H3. The van der Waals surface area contributed by atoms with Crippen molar-refractivity contribution in [1.82, 2.24) is 15.1 Å². The van der Waals surface area contributed by atoms with E-state index in [-0.39, 0.29) is 5.91 Å². The number of nitrogens with zero attached hydrogens (tertiary/aromatic N) is 4. The molecule has 0 aliphatic carbocycles. The van der Waals surface area contributed by atoms with Crippen LogP contribution in [0.25, 0.3) is 0 Å². The number of carbonyl (C=O) groups is 1. The molecule has 0 saturated carbocycles. The van der Waals surface area contributed by atoms with Gasteiger partial charge in [-0.2, -0.15) is 0 Å². The average molecular weight is 332 g/mol. The fourth-order valence-electron chi connectivity index (χ4n) is 2.52. The van der Waals surface area contributed by atoms with Crippen LogP contribution in [0.4, 0.5) is 5.13 Å². The Labute approximate surface area is 139 Å². The number of hydrogen-bond acceptors (Lipinski definition) is 6. The van der Waals surface area contributed by atoms with Gasteiger partial charge in [-0.25, -0.2) is 0 Å². The van der Waals surface area contributed by atoms with Gasteiger partial charge in [-0.05, 0) is 5.56 Å². The molecule has 0 atom stereocenters. The minimum Gasteiger partial charge on any atom is -0.383 e. The number of aromatic nitrogens is 2. The molecule has 3 rings (SSSR count). The van der Waals surface area contributed by atoms with Gasteiger partial charge in [0.25, 0.3) is 0 Å². The molecule has 1 amide bonds. The highest BCUT2D eigenvalue weighted by atomic mass is 32.1. The van der Waals surface area contributed by atoms with Crippen LogP contribution in [0, 0.1) is 0 Å². The number of anilines is 1. The maximum atomic E-state index is 12.2. The summed E-state index contributed by atoms with van der Waals surface area (Å²) in [5.74, 6) is 0.119. The van der Waals surface area contributed by atoms with Gasteiger partial charge in [-0.15, -0.1) is 10.2 Å². The topological polar surface area (TPSA) is 58.6 Å². The van der Waals surface area contributed by atoms with Crippen LogP contribution < -0.4 is 4.90 Å². The zero-order valence-corrected chi connectivity index (χ0v) is 14.0. The molecule has 1 aliphatic rings. The molecule has 2 heterocycles. The van der Waals surface area contributed by atoms with Crippen molar-refractivity contribution >= 4 is 22.4 Å². The number of benzene rings is 1. The van der Waals surface area contributed by atoms with E-state index in [9.17, 15) is 4.79 Å². The zero-order chi connectivity index (χ0) is 16.1. The van der Waals surface area contributed by atoms with Gasteiger partial charge in [0, 0.05) is 33.2 Å². The molecule has 1 saturated heterocycles. The second kappa shape index (κ2) is 7.52. The summed E-state index contributed by atoms with van der Waals surface area (Å²) in [4.78, 5) is 16.0. The van der Waals surface area contributed by atoms with Crippen molar-refractivity contribution < 1.29 is 9.53 Å². The van der Waals surface area contributed by atoms with Gasteiger partial charge < -0.3 is 14.5 Å². The first kappa shape index (κ1) is 15.9. The SMILES string of the molecule is COCCN1CCN(c2nnc(Cc3ccccc3)s2)CC1=O. The third-order valence-electron chi connectivity index (χ3n) is 3.81. The number of piperazine rings is 1. The summed E-state index contributed by atoms with van der Waals surface area (Å²) in [5.41, 5.74) is 1.22. The first-order valence-corrected chi connectivity index (χ1v) is 8.46. The molecule has 2 aromatic rings. The molecule has 1 aromatic heterocycles. The lowest BCUT2D eigenvalue weighted by Gasteiger charge is -2.33. The van der Waals surface area contributed by atoms with E-state index < -0.39 is 0 Å². The Hall–Kier alpha value is -1.99. The van der Waals surface area contributed by atoms with Crippen molar-refractivity contribution in [3.05, 3.63) is 40.9 Å². The predicted octanol–water partition coefficient (Wildman–Crippen LogP) is 1.42. The summed E-state index contributed by atoms with van der Waals surface area (Å²) in [6.45, 7) is 3.08. The molecule has 6 nitrogen and oxygen atoms in total. The molecule has 7 heteroatoms. The highest BCUT2D eigenvalue weighted by Gasteiger charge is 2.25. The molecule has 1 fully saturated rings. The Morgan fingerprint density at radius 3 is 2.78 bits per heavy atom. The maximum absolute atomic E-state index is 12.2. The van der Waals surface area contributed by atoms with Crippen LogP contribution in [0.2, 0.25) is 0 Å². The third-order valence-corrected chi connectivity index (χ3v) is 4.79. The summed E-state index contributed by atoms with van der Waals surface area (Å²) < 4.78 is 5.04. The van der Waals surface area contributed by atoms with Crippen molar-refractivity contribution in [2.75, 3.05) is 44.8 Å². The summed E-state index contributed by atoms with van der Waals surface area (Å²) in [6, 6.07) is 10.2. The van der Waals surface area contributed by atoms with Crippen LogP contribution in [0.3, 0.4) is 0 Å². The fourth-order valence-corrected chi connectivity index (χ4v) is 3.42. The third kappa shape index (κ3) is 4.05. The minimum atomic E-state index is 0.119. The normalized spacial score (nSPS) is 15.3. The Morgan fingerprint density at radius 2 is 2.04 bits per heavy atom. The van der Waals surface area contributed by atoms with E-state index in [1.807, 2.05) is 28.0 Å². The Kier molecular flexibility index (Phi) is 5.19. The maximum Gasteiger partial charge on any atom is 0.242 e. The molecule has 0 N–H and O–H groups in total. The Morgan fingerprint density at radius 1 is 1.22 bits per heavy atom. The molecule has 0 radical (unpaired) electrons. The van der Waals surface area contributed by atoms with E-state index in [2.05, 4.69) is 22.3 Å². The van der Waals surface area contributed by atoms with E-state index in [0.29, 0.717) is 26.2 Å². The summed E-state index contributed by atoms with van der Waals surface area (Å²) in [7, 11) is 1.65. The molecular weight excluding hydrogens is 312 g/mol. The van der Waals surface area contributed by atoms with Crippen molar-refractivity contribution in [3.8, 4) is 0 Å². The van der Waals surface area contributed by atoms with E-state index in [1.54, 1.807) is 18.4 Å². The number of rotatable bonds is 6. The van der Waals surface area contributed by atoms with Gasteiger partial charge >= 0.3 is 0 Å². The molecule has 122 valence electrons. The van der Waals surface area contributed by atoms with Crippen LogP contribution in [-0.2, 0) is 16.0 Å². The van der Waals surface area contributed by atoms with Crippen LogP contribution in [0.1, 0.15) is 10.6 Å². The summed E-state index contributed by atoms with van der Waals surface area (Å²) >= 11 is 1.56. The Balaban J connectivity index is 1.59. The smallest absolute Gasteiger partial charge is 0.242 e. The Bertz CT molecular complexity index is 647. The van der Waals surface area contributed by atoms with Gasteiger partial charge in [0.05, 0.1) is 13.2 Å². The first-order chi connectivity index (χ1) is 11.3. The highest BCUT2D eigenvalue weighted by Crippen LogP contribution is 2.23. The average Bonchev–Trinajstić information content (AvgIpc) is 3.03. The van der Waals surface area contributed by atoms with Crippen LogP contribution in [0.5, 0.6) is 0 Å². The van der Waals surface area contributed by atoms with Gasteiger partial charge in [0.2, 0.25) is 11.0 Å². The molecule has 0 unspecified atom stereocenters. The first-order valence-electron chi connectivity index (χ1n) is 7.64. The number of carbonyl (C=O) groups excluding carboxylic acids is 1. The number of methoxy groups -OCH3 is 1. The molecule has 1 aliphatic heterocycles. The lowest BCUT2D eigenvalue weighted by atomic mass is 10.2. The van der Waals surface area contributed by atoms with Crippen LogP contribution in [-0.4, -0.2) is 60.9 Å². The number of amides is 1. The van der Waals surface area contributed by atoms with Crippen LogP contribution >= 0.6 is 11.3 Å². The van der Waals surface area contributed by atoms with Gasteiger partial charge in [-0.1, -0.05) is 41.7 Å². The quantitative estimate of drug-likeness (QED) is 0.801. The highest BCUT2D eigenvalue weighted by molar-refractivity contribution is 7.15. The van der Waals surface area contributed by atoms with Gasteiger partial charge in [0.1, 0.15) is 5.01 Å². The lowest BCUT2D eigenvalue weighted by molar-refractivity contribution is -0.131. The summed E-state index contributed by atoms with van der Waals surface area (Å²) in [5, 5.41) is 10.3. The molecule has 0 bridgehead atoms. The molecule has 0 spiro atoms. The fraction of sp³-hybridized carbons (Fsp3) is 0.438. The number of hydrogen-bond donors (Lipinski definition) is 0. The minimum absolute atomic E-state index is 0.119. The van der Waals surface area contributed by atoms with Gasteiger partial charge in [0.15, 0.2) is 0 Å². The van der Waals surface area contributed by atoms with Crippen LogP contribution in [0.15, 0.2) is 30.3 Å². The van der Waals surface area contributed by atoms with E-state index >= 15 is 0 Å². The van der Waals surface area contributed by atoms with Crippen molar-refractivity contribution in [3.63, 3.8) is 0 Å². The summed E-state index contributed by atoms with van der Waals surface area (Å²) in [6.07, 6.45) is 0.778. The monoisotopic (exact) mass is 332 g/mol. The largest absolute Gasteiger partial charge is 0.383 e. The van der Waals surface area contributed by atoms with Crippen molar-refractivity contribution in [2.24, 2.45) is 0 Å². The molecule has 23 heavy (non-hydrogen) atoms.